The van der Waals surface area contributed by atoms with Crippen LogP contribution in [0.25, 0.3) is 10.9 Å². The van der Waals surface area contributed by atoms with Gasteiger partial charge in [-0.05, 0) is 56.4 Å². The summed E-state index contributed by atoms with van der Waals surface area (Å²) in [7, 11) is 5.29. The maximum absolute atomic E-state index is 13.0. The van der Waals surface area contributed by atoms with Gasteiger partial charge in [0, 0.05) is 16.6 Å². The minimum absolute atomic E-state index is 0.228. The zero-order valence-electron chi connectivity index (χ0n) is 17.5. The van der Waals surface area contributed by atoms with Gasteiger partial charge in [0.15, 0.2) is 0 Å². The Morgan fingerprint density at radius 2 is 2.00 bits per heavy atom. The van der Waals surface area contributed by atoms with Gasteiger partial charge in [0.1, 0.15) is 18.7 Å². The number of hydrogen-bond donors (Lipinski definition) is 3. The molecule has 0 unspecified atom stereocenters. The number of aryl methyl sites for hydroxylation is 1. The van der Waals surface area contributed by atoms with E-state index in [1.54, 1.807) is 25.3 Å². The number of methoxy groups -OCH3 is 1. The van der Waals surface area contributed by atoms with Crippen LogP contribution < -0.4 is 21.1 Å². The Kier molecular flexibility index (Phi) is 8.73. The van der Waals surface area contributed by atoms with Crippen LogP contribution in [-0.2, 0) is 6.54 Å². The molecule has 0 saturated heterocycles. The second-order valence-electron chi connectivity index (χ2n) is 6.38. The van der Waals surface area contributed by atoms with Crippen LogP contribution in [-0.4, -0.2) is 45.3 Å². The number of aldehydes is 1. The predicted octanol–water partition coefficient (Wildman–Crippen LogP) is 3.31. The molecule has 0 fully saturated rings. The van der Waals surface area contributed by atoms with Gasteiger partial charge in [0.2, 0.25) is 0 Å². The Hall–Kier alpha value is -3.50. The highest BCUT2D eigenvalue weighted by molar-refractivity contribution is 5.92. The number of ether oxygens (including phenoxy) is 1. The first-order valence-electron chi connectivity index (χ1n) is 9.47. The first-order valence-corrected chi connectivity index (χ1v) is 9.47. The van der Waals surface area contributed by atoms with E-state index in [-0.39, 0.29) is 6.54 Å². The summed E-state index contributed by atoms with van der Waals surface area (Å²) in [6, 6.07) is 12.6. The number of rotatable bonds is 6. The molecular weight excluding hydrogens is 383 g/mol. The number of carbonyl (C=O) groups excluding carboxylic acids is 1. The van der Waals surface area contributed by atoms with Crippen molar-refractivity contribution in [1.82, 2.24) is 9.88 Å². The topological polar surface area (TPSA) is 81.3 Å². The Morgan fingerprint density at radius 3 is 2.67 bits per heavy atom. The summed E-state index contributed by atoms with van der Waals surface area (Å²) in [5.41, 5.74) is 9.52. The Balaban J connectivity index is 0.00000101. The maximum atomic E-state index is 13.0. The molecule has 1 heterocycles. The number of benzene rings is 2. The molecule has 0 spiro atoms. The Labute approximate surface area is 176 Å². The van der Waals surface area contributed by atoms with E-state index in [2.05, 4.69) is 22.5 Å². The van der Waals surface area contributed by atoms with Gasteiger partial charge in [-0.2, -0.15) is 0 Å². The number of carbonyl (C=O) groups is 1. The molecule has 0 atom stereocenters. The van der Waals surface area contributed by atoms with Gasteiger partial charge in [-0.3, -0.25) is 4.79 Å². The van der Waals surface area contributed by atoms with Crippen molar-refractivity contribution in [2.24, 2.45) is 0 Å². The Morgan fingerprint density at radius 1 is 1.23 bits per heavy atom. The van der Waals surface area contributed by atoms with Crippen molar-refractivity contribution in [3.63, 3.8) is 0 Å². The van der Waals surface area contributed by atoms with Gasteiger partial charge in [0.05, 0.1) is 37.1 Å². The number of alkyl halides is 1. The number of aromatic nitrogens is 1. The summed E-state index contributed by atoms with van der Waals surface area (Å²) in [5.74, 6) is 6.69. The van der Waals surface area contributed by atoms with Crippen LogP contribution in [0.3, 0.4) is 0 Å². The van der Waals surface area contributed by atoms with E-state index in [0.29, 0.717) is 29.2 Å². The van der Waals surface area contributed by atoms with Crippen LogP contribution in [0.2, 0.25) is 0 Å². The molecule has 0 radical (unpaired) electrons. The van der Waals surface area contributed by atoms with Crippen LogP contribution in [0.4, 0.5) is 15.8 Å². The highest BCUT2D eigenvalue weighted by atomic mass is 19.1. The quantitative estimate of drug-likeness (QED) is 0.330. The zero-order chi connectivity index (χ0) is 21.9. The average Bonchev–Trinajstić information content (AvgIpc) is 3.11. The number of nitrogens with one attached hydrogen (secondary N) is 2. The summed E-state index contributed by atoms with van der Waals surface area (Å²) < 4.78 is 20.1. The van der Waals surface area contributed by atoms with Gasteiger partial charge in [-0.25, -0.2) is 4.39 Å². The summed E-state index contributed by atoms with van der Waals surface area (Å²) in [4.78, 5) is 10.8. The van der Waals surface area contributed by atoms with Crippen molar-refractivity contribution in [3.05, 3.63) is 53.7 Å². The van der Waals surface area contributed by atoms with Gasteiger partial charge in [-0.1, -0.05) is 12.0 Å². The van der Waals surface area contributed by atoms with E-state index in [0.717, 1.165) is 22.9 Å². The lowest BCUT2D eigenvalue weighted by Gasteiger charge is -2.09. The lowest BCUT2D eigenvalue weighted by atomic mass is 10.2. The molecule has 4 N–H and O–H groups in total. The number of anilines is 2. The largest absolute Gasteiger partial charge is 0.495 e. The monoisotopic (exact) mass is 410 g/mol. The Bertz CT molecular complexity index is 1050. The fourth-order valence-corrected chi connectivity index (χ4v) is 2.94. The predicted molar refractivity (Wildman–Crippen MR) is 121 cm³/mol. The average molecular weight is 410 g/mol. The fraction of sp³-hybridized carbons (Fsp3) is 0.261. The number of hydrogen-bond acceptors (Lipinski definition) is 5. The standard InChI is InChI=1S/C21H20FN3O2.C2H7N/c1-27-21-12-15(14-26)7-8-19(21)24-10-3-4-16-13-17-18(23)5-2-6-20(17)25(16)11-9-22;1-3-2/h2,5-8,12-14,24H,9-11,23H2,1H3;3H,1-2H3. The highest BCUT2D eigenvalue weighted by Gasteiger charge is 2.09. The van der Waals surface area contributed by atoms with Gasteiger partial charge in [0.25, 0.3) is 0 Å². The van der Waals surface area contributed by atoms with E-state index in [1.165, 1.54) is 0 Å². The molecule has 6 nitrogen and oxygen atoms in total. The SMILES string of the molecule is CNC.COc1cc(C=O)ccc1NCC#Cc1cc2c(N)cccc2n1CCF. The second kappa shape index (κ2) is 11.5. The van der Waals surface area contributed by atoms with E-state index in [4.69, 9.17) is 10.5 Å². The van der Waals surface area contributed by atoms with Gasteiger partial charge < -0.3 is 25.7 Å². The third-order valence-electron chi connectivity index (χ3n) is 4.23. The highest BCUT2D eigenvalue weighted by Crippen LogP contribution is 2.26. The minimum atomic E-state index is -0.480. The lowest BCUT2D eigenvalue weighted by Crippen LogP contribution is -2.03. The molecule has 0 aliphatic heterocycles. The lowest BCUT2D eigenvalue weighted by molar-refractivity contribution is 0.112. The van der Waals surface area contributed by atoms with Gasteiger partial charge in [-0.15, -0.1) is 0 Å². The van der Waals surface area contributed by atoms with Crippen LogP contribution in [0.15, 0.2) is 42.5 Å². The first-order chi connectivity index (χ1) is 14.6. The normalized spacial score (nSPS) is 9.87. The van der Waals surface area contributed by atoms with Crippen molar-refractivity contribution in [2.45, 2.75) is 6.54 Å². The number of nitrogens with zero attached hydrogens (tertiary/aromatic N) is 1. The van der Waals surface area contributed by atoms with Crippen LogP contribution in [0, 0.1) is 11.8 Å². The fourth-order valence-electron chi connectivity index (χ4n) is 2.94. The molecule has 0 saturated carbocycles. The molecule has 30 heavy (non-hydrogen) atoms. The number of fused-ring (bicyclic) bond motifs is 1. The van der Waals surface area contributed by atoms with Crippen LogP contribution in [0.5, 0.6) is 5.75 Å². The number of nitrogen functional groups attached to an aromatic ring is 1. The summed E-state index contributed by atoms with van der Waals surface area (Å²) in [5, 5.41) is 6.78. The molecule has 3 rings (SSSR count). The van der Waals surface area contributed by atoms with Crippen LogP contribution in [0.1, 0.15) is 16.1 Å². The molecule has 1 aromatic heterocycles. The number of nitrogens with two attached hydrogens (primary N) is 1. The third-order valence-corrected chi connectivity index (χ3v) is 4.23. The summed E-state index contributed by atoms with van der Waals surface area (Å²) in [6.45, 7) is 0.112. The smallest absolute Gasteiger partial charge is 0.150 e. The van der Waals surface area contributed by atoms with Gasteiger partial charge >= 0.3 is 0 Å². The van der Waals surface area contributed by atoms with E-state index < -0.39 is 6.67 Å². The maximum Gasteiger partial charge on any atom is 0.150 e. The van der Waals surface area contributed by atoms with Crippen molar-refractivity contribution in [2.75, 3.05) is 45.5 Å². The van der Waals surface area contributed by atoms with E-state index in [1.807, 2.05) is 42.9 Å². The van der Waals surface area contributed by atoms with E-state index in [9.17, 15) is 9.18 Å². The van der Waals surface area contributed by atoms with Crippen molar-refractivity contribution in [3.8, 4) is 17.6 Å². The molecule has 0 amide bonds. The molecule has 158 valence electrons. The molecule has 2 aromatic carbocycles. The van der Waals surface area contributed by atoms with Crippen molar-refractivity contribution < 1.29 is 13.9 Å². The first kappa shape index (κ1) is 22.8. The zero-order valence-corrected chi connectivity index (χ0v) is 17.5. The summed E-state index contributed by atoms with van der Waals surface area (Å²) in [6.07, 6.45) is 0.765. The number of halogens is 1. The molecule has 0 aliphatic carbocycles. The van der Waals surface area contributed by atoms with Crippen LogP contribution >= 0.6 is 0 Å². The molecule has 0 bridgehead atoms. The van der Waals surface area contributed by atoms with Crippen molar-refractivity contribution in [1.29, 1.82) is 0 Å². The van der Waals surface area contributed by atoms with E-state index >= 15 is 0 Å². The molecule has 3 aromatic rings. The molecule has 7 heteroatoms. The van der Waals surface area contributed by atoms with Crippen molar-refractivity contribution >= 4 is 28.6 Å². The second-order valence-corrected chi connectivity index (χ2v) is 6.38. The molecular formula is C23H27FN4O2. The summed E-state index contributed by atoms with van der Waals surface area (Å²) >= 11 is 0. The third kappa shape index (κ3) is 5.52. The minimum Gasteiger partial charge on any atom is -0.495 e. The molecule has 0 aliphatic rings.